The van der Waals surface area contributed by atoms with Crippen LogP contribution in [-0.4, -0.2) is 94.8 Å². The zero-order valence-corrected chi connectivity index (χ0v) is 25.5. The minimum absolute atomic E-state index is 0.0688. The van der Waals surface area contributed by atoms with Gasteiger partial charge in [0.25, 0.3) is 11.1 Å². The fourth-order valence-electron chi connectivity index (χ4n) is 4.58. The fraction of sp³-hybridized carbons (Fsp3) is 0.565. The first-order valence-corrected chi connectivity index (χ1v) is 16.1. The predicted molar refractivity (Wildman–Crippen MR) is 150 cm³/mol. The van der Waals surface area contributed by atoms with E-state index in [1.807, 2.05) is 4.98 Å². The number of aromatic nitrogens is 4. The lowest BCUT2D eigenvalue weighted by molar-refractivity contribution is -0.0889. The molecule has 17 nitrogen and oxygen atoms in total. The van der Waals surface area contributed by atoms with Crippen molar-refractivity contribution in [2.45, 2.75) is 37.3 Å². The highest BCUT2D eigenvalue weighted by atomic mass is 31.2. The Morgan fingerprint density at radius 3 is 2.16 bits per heavy atom. The van der Waals surface area contributed by atoms with Gasteiger partial charge in [0.2, 0.25) is 0 Å². The Morgan fingerprint density at radius 1 is 1.00 bits per heavy atom. The Hall–Kier alpha value is -2.79. The van der Waals surface area contributed by atoms with Crippen LogP contribution in [0.3, 0.4) is 0 Å². The van der Waals surface area contributed by atoms with Crippen molar-refractivity contribution >= 4 is 15.3 Å². The summed E-state index contributed by atoms with van der Waals surface area (Å²) in [5, 5.41) is 0. The van der Waals surface area contributed by atoms with Crippen LogP contribution in [0.1, 0.15) is 18.9 Å². The highest BCUT2D eigenvalue weighted by Gasteiger charge is 2.44. The van der Waals surface area contributed by atoms with Gasteiger partial charge in [0, 0.05) is 57.5 Å². The van der Waals surface area contributed by atoms with E-state index in [1.165, 1.54) is 55.7 Å². The summed E-state index contributed by atoms with van der Waals surface area (Å²) in [5.74, 6) is 1.17. The average Bonchev–Trinajstić information content (AvgIpc) is 3.34. The second-order valence-corrected chi connectivity index (χ2v) is 14.5. The first kappa shape index (κ1) is 33.1. The molecular weight excluding hydrogens is 617 g/mol. The third kappa shape index (κ3) is 7.48. The zero-order valence-electron chi connectivity index (χ0n) is 23.7. The number of rotatable bonds is 11. The number of alkyl halides is 1. The summed E-state index contributed by atoms with van der Waals surface area (Å²) in [4.78, 5) is 51.9. The molecule has 4 heterocycles. The molecule has 2 aliphatic rings. The second-order valence-electron chi connectivity index (χ2n) is 9.82. The molecule has 238 valence electrons. The number of nitrogens with one attached hydrogen (secondary N) is 2. The Morgan fingerprint density at radius 2 is 1.60 bits per heavy atom. The highest BCUT2D eigenvalue weighted by molar-refractivity contribution is 7.57. The molecule has 0 spiro atoms. The van der Waals surface area contributed by atoms with Gasteiger partial charge >= 0.3 is 26.6 Å². The highest BCUT2D eigenvalue weighted by Crippen LogP contribution is 2.55. The minimum Gasteiger partial charge on any atom is -0.349 e. The van der Waals surface area contributed by atoms with Crippen molar-refractivity contribution in [2.75, 3.05) is 48.0 Å². The quantitative estimate of drug-likeness (QED) is 0.321. The summed E-state index contributed by atoms with van der Waals surface area (Å²) in [5.41, 5.74) is -2.89. The topological polar surface area (TPSA) is 196 Å². The summed E-state index contributed by atoms with van der Waals surface area (Å²) in [6.45, 7) is -0.556. The van der Waals surface area contributed by atoms with E-state index in [0.29, 0.717) is 0 Å². The van der Waals surface area contributed by atoms with Crippen molar-refractivity contribution in [3.63, 3.8) is 0 Å². The number of aromatic amines is 2. The van der Waals surface area contributed by atoms with Gasteiger partial charge in [-0.15, -0.1) is 0 Å². The summed E-state index contributed by atoms with van der Waals surface area (Å²) in [6, 6.07) is 2.18. The van der Waals surface area contributed by atoms with Crippen molar-refractivity contribution < 1.29 is 36.6 Å². The predicted octanol–water partition coefficient (Wildman–Crippen LogP) is 0.598. The maximum Gasteiger partial charge on any atom is 0.353 e. The zero-order chi connectivity index (χ0) is 31.5. The number of ether oxygens (including phenoxy) is 2. The number of nitrogens with zero attached hydrogens (tertiary/aromatic N) is 4. The lowest BCUT2D eigenvalue weighted by atomic mass is 10.2. The summed E-state index contributed by atoms with van der Waals surface area (Å²) in [7, 11) is -2.13. The third-order valence-corrected chi connectivity index (χ3v) is 10.9. The van der Waals surface area contributed by atoms with E-state index in [9.17, 15) is 32.7 Å². The van der Waals surface area contributed by atoms with Gasteiger partial charge in [-0.1, -0.05) is 0 Å². The molecule has 2 aliphatic heterocycles. The monoisotopic (exact) mass is 650 g/mol. The van der Waals surface area contributed by atoms with Crippen LogP contribution in [0.4, 0.5) is 4.39 Å². The molecule has 2 saturated heterocycles. The maximum atomic E-state index is 14.9. The Balaban J connectivity index is 1.58. The van der Waals surface area contributed by atoms with Gasteiger partial charge in [0.05, 0.1) is 25.4 Å². The van der Waals surface area contributed by atoms with E-state index < -0.39 is 68.6 Å². The Bertz CT molecular complexity index is 1650. The van der Waals surface area contributed by atoms with E-state index in [4.69, 9.17) is 23.0 Å². The van der Waals surface area contributed by atoms with Crippen molar-refractivity contribution in [1.29, 1.82) is 0 Å². The van der Waals surface area contributed by atoms with Gasteiger partial charge in [0.1, 0.15) is 6.17 Å². The van der Waals surface area contributed by atoms with Gasteiger partial charge in [-0.3, -0.25) is 37.8 Å². The van der Waals surface area contributed by atoms with E-state index in [1.54, 1.807) is 0 Å². The van der Waals surface area contributed by atoms with Crippen LogP contribution in [0.25, 0.3) is 0 Å². The van der Waals surface area contributed by atoms with Gasteiger partial charge in [0.15, 0.2) is 12.5 Å². The average molecular weight is 650 g/mol. The van der Waals surface area contributed by atoms with Gasteiger partial charge in [-0.05, 0) is 20.2 Å². The number of halogens is 1. The minimum atomic E-state index is -3.93. The molecule has 1 unspecified atom stereocenters. The van der Waals surface area contributed by atoms with Gasteiger partial charge < -0.3 is 23.0 Å². The van der Waals surface area contributed by atoms with E-state index in [2.05, 4.69) is 4.98 Å². The Kier molecular flexibility index (Phi) is 10.4. The first-order valence-electron chi connectivity index (χ1n) is 12.9. The molecule has 0 saturated carbocycles. The molecule has 4 rings (SSSR count). The number of H-pyrrole nitrogens is 2. The summed E-state index contributed by atoms with van der Waals surface area (Å²) >= 11 is 0. The second kappa shape index (κ2) is 13.5. The number of hydrogen-bond acceptors (Lipinski definition) is 11. The third-order valence-electron chi connectivity index (χ3n) is 6.79. The molecule has 6 atom stereocenters. The number of morpholine rings is 1. The first-order chi connectivity index (χ1) is 20.3. The molecular formula is C23H33FN6O11P2. The fourth-order valence-corrected chi connectivity index (χ4v) is 7.35. The smallest absolute Gasteiger partial charge is 0.349 e. The molecule has 2 aromatic heterocycles. The van der Waals surface area contributed by atoms with Crippen molar-refractivity contribution in [1.82, 2.24) is 28.4 Å². The van der Waals surface area contributed by atoms with Gasteiger partial charge in [-0.2, -0.15) is 0 Å². The van der Waals surface area contributed by atoms with Crippen LogP contribution in [0.15, 0.2) is 55.6 Å². The Labute approximate surface area is 243 Å². The van der Waals surface area contributed by atoms with Crippen molar-refractivity contribution in [3.8, 4) is 0 Å². The molecule has 2 aromatic rings. The van der Waals surface area contributed by atoms with Gasteiger partial charge in [-0.25, -0.2) is 23.3 Å². The van der Waals surface area contributed by atoms with E-state index >= 15 is 0 Å². The van der Waals surface area contributed by atoms with Crippen LogP contribution in [0.5, 0.6) is 0 Å². The van der Waals surface area contributed by atoms with Crippen LogP contribution < -0.4 is 22.5 Å². The molecule has 0 aliphatic carbocycles. The molecule has 2 fully saturated rings. The molecule has 0 aromatic carbocycles. The van der Waals surface area contributed by atoms with Crippen LogP contribution in [-0.2, 0) is 32.2 Å². The summed E-state index contributed by atoms with van der Waals surface area (Å²) < 4.78 is 74.1. The standard InChI is InChI=1S/C23H33FN6O11P2/c1-27(2)43(36,39-14-16-11-17(24)21(41-16)30-9-6-19(32)26-23(30)34)28-12-15(7-10-42(35,37-3)38-4)40-20(13-28)29-8-5-18(31)25-22(29)33/h5-10,15-17,20-21H,11-14H2,1-4H3,(H,25,31,33)(H,26,32,34)/b10-7+/t15-,16+,17-,20-,21-,43?/m1/s1. The van der Waals surface area contributed by atoms with Crippen LogP contribution in [0.2, 0.25) is 0 Å². The lowest BCUT2D eigenvalue weighted by Gasteiger charge is -2.42. The molecule has 43 heavy (non-hydrogen) atoms. The molecule has 0 amide bonds. The van der Waals surface area contributed by atoms with Crippen molar-refractivity contribution in [3.05, 3.63) is 78.1 Å². The van der Waals surface area contributed by atoms with E-state index in [0.717, 1.165) is 27.5 Å². The van der Waals surface area contributed by atoms with Crippen LogP contribution >= 0.6 is 15.3 Å². The van der Waals surface area contributed by atoms with E-state index in [-0.39, 0.29) is 26.1 Å². The molecule has 20 heteroatoms. The largest absolute Gasteiger partial charge is 0.353 e. The SMILES string of the molecule is COP(=O)(/C=C/[C@@H]1CN(P(=O)(OC[C@@H]2C[C@@H](F)[C@H](n3ccc(=O)[nH]c3=O)O2)N(C)C)C[C@H](n2ccc(=O)[nH]c2=O)O1)OC. The van der Waals surface area contributed by atoms with Crippen LogP contribution in [0, 0.1) is 0 Å². The lowest BCUT2D eigenvalue weighted by Crippen LogP contribution is -2.48. The molecule has 0 radical (unpaired) electrons. The number of hydrogen-bond donors (Lipinski definition) is 2. The summed E-state index contributed by atoms with van der Waals surface area (Å²) in [6.07, 6.45) is -2.31. The molecule has 2 N–H and O–H groups in total. The normalized spacial score (nSPS) is 26.7. The maximum absolute atomic E-state index is 14.9. The molecule has 0 bridgehead atoms. The van der Waals surface area contributed by atoms with Crippen molar-refractivity contribution in [2.24, 2.45) is 0 Å².